The third-order valence-electron chi connectivity index (χ3n) is 1.21. The Morgan fingerprint density at radius 1 is 1.58 bits per heavy atom. The molecule has 0 atom stereocenters. The van der Waals surface area contributed by atoms with E-state index < -0.39 is 5.82 Å². The summed E-state index contributed by atoms with van der Waals surface area (Å²) in [6.45, 7) is 2.00. The molecule has 0 fully saturated rings. The molecule has 0 saturated carbocycles. The molecule has 1 radical (unpaired) electrons. The monoisotopic (exact) mass is 163 g/mol. The normalized spacial score (nSPS) is 8.50. The molecule has 1 aromatic carbocycles. The quantitative estimate of drug-likeness (QED) is 0.606. The van der Waals surface area contributed by atoms with Crippen LogP contribution < -0.4 is 4.74 Å². The van der Waals surface area contributed by atoms with Crippen LogP contribution in [0.15, 0.2) is 18.2 Å². The first kappa shape index (κ1) is 8.61. The van der Waals surface area contributed by atoms with Crippen molar-refractivity contribution in [1.82, 2.24) is 0 Å². The predicted molar refractivity (Wildman–Crippen MR) is 44.2 cm³/mol. The van der Waals surface area contributed by atoms with E-state index in [1.54, 1.807) is 19.1 Å². The number of ether oxygens (including phenoxy) is 1. The second-order valence-electron chi connectivity index (χ2n) is 2.08. The van der Waals surface area contributed by atoms with Crippen molar-refractivity contribution in [3.05, 3.63) is 30.1 Å². The maximum Gasteiger partial charge on any atom is 0.149 e. The van der Waals surface area contributed by atoms with Crippen molar-refractivity contribution < 1.29 is 9.13 Å². The van der Waals surface area contributed by atoms with Crippen LogP contribution in [0, 0.1) is 23.7 Å². The van der Waals surface area contributed by atoms with Crippen molar-refractivity contribution >= 4 is 0 Å². The van der Waals surface area contributed by atoms with Crippen LogP contribution in [0.3, 0.4) is 0 Å². The van der Waals surface area contributed by atoms with E-state index in [1.807, 2.05) is 0 Å². The number of benzene rings is 1. The highest BCUT2D eigenvalue weighted by Gasteiger charge is 1.93. The van der Waals surface area contributed by atoms with Crippen molar-refractivity contribution in [2.75, 3.05) is 6.61 Å². The first-order chi connectivity index (χ1) is 5.83. The average molecular weight is 163 g/mol. The van der Waals surface area contributed by atoms with E-state index in [9.17, 15) is 4.39 Å². The highest BCUT2D eigenvalue weighted by atomic mass is 19.1. The van der Waals surface area contributed by atoms with Crippen LogP contribution in [0.25, 0.3) is 0 Å². The van der Waals surface area contributed by atoms with E-state index in [0.717, 1.165) is 0 Å². The summed E-state index contributed by atoms with van der Waals surface area (Å²) in [5.41, 5.74) is 0. The lowest BCUT2D eigenvalue weighted by molar-refractivity contribution is 0.366. The Bertz CT molecular complexity index is 309. The number of rotatable bonds is 2. The number of hydrogen-bond acceptors (Lipinski definition) is 1. The van der Waals surface area contributed by atoms with Crippen molar-refractivity contribution in [2.45, 2.75) is 6.92 Å². The summed E-state index contributed by atoms with van der Waals surface area (Å²) in [5.74, 6) is 5.34. The van der Waals surface area contributed by atoms with Gasteiger partial charge in [-0.05, 0) is 19.1 Å². The summed E-state index contributed by atoms with van der Waals surface area (Å²) >= 11 is 0. The molecule has 0 aliphatic heterocycles. The van der Waals surface area contributed by atoms with Crippen LogP contribution in [-0.2, 0) is 0 Å². The summed E-state index contributed by atoms with van der Waals surface area (Å²) in [5, 5.41) is 0. The molecule has 0 unspecified atom stereocenters. The molecule has 0 aromatic heterocycles. The Balaban J connectivity index is 2.55. The molecule has 2 heteroatoms. The van der Waals surface area contributed by atoms with Crippen molar-refractivity contribution in [1.29, 1.82) is 0 Å². The fraction of sp³-hybridized carbons (Fsp3) is 0.200. The molecule has 0 N–H and O–H groups in total. The first-order valence-corrected chi connectivity index (χ1v) is 3.53. The van der Waals surface area contributed by atoms with Gasteiger partial charge in [-0.2, -0.15) is 0 Å². The van der Waals surface area contributed by atoms with Crippen LogP contribution in [0.5, 0.6) is 5.75 Å². The van der Waals surface area contributed by atoms with E-state index >= 15 is 0 Å². The lowest BCUT2D eigenvalue weighted by Gasteiger charge is -1.99. The zero-order chi connectivity index (χ0) is 8.81. The van der Waals surface area contributed by atoms with Crippen molar-refractivity contribution in [2.24, 2.45) is 0 Å². The van der Waals surface area contributed by atoms with E-state index in [2.05, 4.69) is 17.9 Å². The second-order valence-corrected chi connectivity index (χ2v) is 2.08. The van der Waals surface area contributed by atoms with Gasteiger partial charge in [0.25, 0.3) is 0 Å². The number of hydrogen-bond donors (Lipinski definition) is 0. The Morgan fingerprint density at radius 2 is 2.42 bits per heavy atom. The lowest BCUT2D eigenvalue weighted by Crippen LogP contribution is -1.93. The summed E-state index contributed by atoms with van der Waals surface area (Å²) in [7, 11) is 0. The van der Waals surface area contributed by atoms with E-state index in [-0.39, 0.29) is 6.61 Å². The maximum absolute atomic E-state index is 12.5. The first-order valence-electron chi connectivity index (χ1n) is 3.53. The zero-order valence-electron chi connectivity index (χ0n) is 6.73. The minimum absolute atomic E-state index is 0.274. The minimum atomic E-state index is -0.419. The third kappa shape index (κ3) is 2.63. The molecule has 0 aliphatic carbocycles. The summed E-state index contributed by atoms with van der Waals surface area (Å²) < 4.78 is 17.6. The lowest BCUT2D eigenvalue weighted by atomic mass is 10.3. The molecule has 61 valence electrons. The SMILES string of the molecule is CC#CCOc1[c]c(F)ccc1. The molecule has 0 amide bonds. The van der Waals surface area contributed by atoms with Gasteiger partial charge >= 0.3 is 0 Å². The fourth-order valence-corrected chi connectivity index (χ4v) is 0.691. The van der Waals surface area contributed by atoms with Gasteiger partial charge in [-0.1, -0.05) is 12.0 Å². The number of halogens is 1. The van der Waals surface area contributed by atoms with Crippen LogP contribution in [0.1, 0.15) is 6.92 Å². The van der Waals surface area contributed by atoms with Crippen LogP contribution in [-0.4, -0.2) is 6.61 Å². The Morgan fingerprint density at radius 3 is 3.08 bits per heavy atom. The molecule has 0 saturated heterocycles. The zero-order valence-corrected chi connectivity index (χ0v) is 6.73. The van der Waals surface area contributed by atoms with Gasteiger partial charge in [0.2, 0.25) is 0 Å². The Kier molecular flexibility index (Phi) is 3.16. The Labute approximate surface area is 71.2 Å². The minimum Gasteiger partial charge on any atom is -0.480 e. The maximum atomic E-state index is 12.5. The van der Waals surface area contributed by atoms with Gasteiger partial charge in [0.05, 0.1) is 6.07 Å². The van der Waals surface area contributed by atoms with E-state index in [0.29, 0.717) is 5.75 Å². The van der Waals surface area contributed by atoms with Crippen LogP contribution in [0.4, 0.5) is 4.39 Å². The van der Waals surface area contributed by atoms with Gasteiger partial charge in [-0.15, -0.1) is 5.92 Å². The smallest absolute Gasteiger partial charge is 0.149 e. The largest absolute Gasteiger partial charge is 0.480 e. The predicted octanol–water partition coefficient (Wildman–Crippen LogP) is 2.03. The fourth-order valence-electron chi connectivity index (χ4n) is 0.691. The van der Waals surface area contributed by atoms with Crippen molar-refractivity contribution in [3.8, 4) is 17.6 Å². The summed E-state index contributed by atoms with van der Waals surface area (Å²) in [6.07, 6.45) is 0. The van der Waals surface area contributed by atoms with Gasteiger partial charge in [-0.3, -0.25) is 0 Å². The van der Waals surface area contributed by atoms with Gasteiger partial charge in [0.1, 0.15) is 18.2 Å². The highest BCUT2D eigenvalue weighted by molar-refractivity contribution is 5.21. The van der Waals surface area contributed by atoms with E-state index in [4.69, 9.17) is 4.74 Å². The molecule has 0 heterocycles. The Hall–Kier alpha value is -1.49. The molecule has 1 aromatic rings. The van der Waals surface area contributed by atoms with Gasteiger partial charge in [-0.25, -0.2) is 4.39 Å². The molecule has 1 nitrogen and oxygen atoms in total. The summed E-state index contributed by atoms with van der Waals surface area (Å²) in [4.78, 5) is 0. The second kappa shape index (κ2) is 4.40. The molecular formula is C10H8FO. The van der Waals surface area contributed by atoms with Crippen LogP contribution >= 0.6 is 0 Å². The molecule has 1 rings (SSSR count). The van der Waals surface area contributed by atoms with Gasteiger partial charge < -0.3 is 4.74 Å². The molecule has 0 spiro atoms. The standard InChI is InChI=1S/C10H8FO/c1-2-3-7-12-10-6-4-5-9(11)8-10/h4-6H,7H2,1H3. The van der Waals surface area contributed by atoms with E-state index in [1.165, 1.54) is 6.07 Å². The third-order valence-corrected chi connectivity index (χ3v) is 1.21. The molecular weight excluding hydrogens is 155 g/mol. The molecule has 0 bridgehead atoms. The van der Waals surface area contributed by atoms with Gasteiger partial charge in [0, 0.05) is 0 Å². The molecule has 12 heavy (non-hydrogen) atoms. The van der Waals surface area contributed by atoms with Gasteiger partial charge in [0.15, 0.2) is 0 Å². The van der Waals surface area contributed by atoms with Crippen molar-refractivity contribution in [3.63, 3.8) is 0 Å². The summed E-state index contributed by atoms with van der Waals surface area (Å²) in [6, 6.07) is 6.94. The average Bonchev–Trinajstić information content (AvgIpc) is 2.05. The van der Waals surface area contributed by atoms with Crippen LogP contribution in [0.2, 0.25) is 0 Å². The highest BCUT2D eigenvalue weighted by Crippen LogP contribution is 2.09. The topological polar surface area (TPSA) is 9.23 Å². The molecule has 0 aliphatic rings.